The minimum absolute atomic E-state index is 0.133. The van der Waals surface area contributed by atoms with Gasteiger partial charge in [0.2, 0.25) is 5.91 Å². The third-order valence-electron chi connectivity index (χ3n) is 3.43. The third-order valence-corrected chi connectivity index (χ3v) is 3.43. The average molecular weight is 292 g/mol. The SMILES string of the molecule is CCCN1C(=O)CC(Nc2ccc(OC)cc2OC)C1=O. The second-order valence-electron chi connectivity index (χ2n) is 4.85. The number of amides is 2. The van der Waals surface area contributed by atoms with Gasteiger partial charge in [-0.05, 0) is 18.6 Å². The smallest absolute Gasteiger partial charge is 0.252 e. The molecule has 1 atom stereocenters. The van der Waals surface area contributed by atoms with Gasteiger partial charge in [-0.2, -0.15) is 0 Å². The number of rotatable bonds is 6. The van der Waals surface area contributed by atoms with Crippen LogP contribution < -0.4 is 14.8 Å². The van der Waals surface area contributed by atoms with Gasteiger partial charge < -0.3 is 14.8 Å². The van der Waals surface area contributed by atoms with Crippen molar-refractivity contribution in [2.24, 2.45) is 0 Å². The molecule has 0 bridgehead atoms. The average Bonchev–Trinajstić information content (AvgIpc) is 2.75. The fourth-order valence-electron chi connectivity index (χ4n) is 2.36. The second kappa shape index (κ2) is 6.47. The number of ether oxygens (including phenoxy) is 2. The quantitative estimate of drug-likeness (QED) is 0.808. The molecule has 0 aromatic heterocycles. The van der Waals surface area contributed by atoms with Crippen molar-refractivity contribution in [3.8, 4) is 11.5 Å². The van der Waals surface area contributed by atoms with Crippen molar-refractivity contribution in [1.82, 2.24) is 4.90 Å². The Labute approximate surface area is 124 Å². The van der Waals surface area contributed by atoms with E-state index >= 15 is 0 Å². The maximum absolute atomic E-state index is 12.2. The highest BCUT2D eigenvalue weighted by atomic mass is 16.5. The van der Waals surface area contributed by atoms with Crippen LogP contribution in [-0.2, 0) is 9.59 Å². The van der Waals surface area contributed by atoms with E-state index < -0.39 is 6.04 Å². The Morgan fingerprint density at radius 1 is 1.29 bits per heavy atom. The first-order chi connectivity index (χ1) is 10.1. The van der Waals surface area contributed by atoms with Gasteiger partial charge in [0.1, 0.15) is 17.5 Å². The van der Waals surface area contributed by atoms with E-state index in [9.17, 15) is 9.59 Å². The summed E-state index contributed by atoms with van der Waals surface area (Å²) in [5, 5.41) is 3.09. The predicted octanol–water partition coefficient (Wildman–Crippen LogP) is 1.65. The molecule has 0 saturated carbocycles. The lowest BCUT2D eigenvalue weighted by Crippen LogP contribution is -2.35. The molecule has 0 aliphatic carbocycles. The zero-order chi connectivity index (χ0) is 15.4. The van der Waals surface area contributed by atoms with Gasteiger partial charge in [0.25, 0.3) is 5.91 Å². The van der Waals surface area contributed by atoms with Gasteiger partial charge in [0.15, 0.2) is 0 Å². The minimum Gasteiger partial charge on any atom is -0.497 e. The van der Waals surface area contributed by atoms with Gasteiger partial charge in [0.05, 0.1) is 26.3 Å². The highest BCUT2D eigenvalue weighted by Gasteiger charge is 2.38. The number of methoxy groups -OCH3 is 2. The number of hydrogen-bond acceptors (Lipinski definition) is 5. The first kappa shape index (κ1) is 15.2. The number of benzene rings is 1. The van der Waals surface area contributed by atoms with Gasteiger partial charge in [-0.15, -0.1) is 0 Å². The van der Waals surface area contributed by atoms with Crippen molar-refractivity contribution in [3.63, 3.8) is 0 Å². The Hall–Kier alpha value is -2.24. The lowest BCUT2D eigenvalue weighted by Gasteiger charge is -2.17. The second-order valence-corrected chi connectivity index (χ2v) is 4.85. The fourth-order valence-corrected chi connectivity index (χ4v) is 2.36. The van der Waals surface area contributed by atoms with E-state index in [1.165, 1.54) is 4.90 Å². The molecule has 2 amide bonds. The van der Waals surface area contributed by atoms with Crippen molar-refractivity contribution in [3.05, 3.63) is 18.2 Å². The zero-order valence-electron chi connectivity index (χ0n) is 12.5. The molecule has 1 N–H and O–H groups in total. The summed E-state index contributed by atoms with van der Waals surface area (Å²) in [7, 11) is 3.12. The molecule has 1 heterocycles. The first-order valence-corrected chi connectivity index (χ1v) is 6.93. The van der Waals surface area contributed by atoms with Crippen molar-refractivity contribution in [2.75, 3.05) is 26.1 Å². The molecule has 1 unspecified atom stereocenters. The summed E-state index contributed by atoms with van der Waals surface area (Å²) in [6, 6.07) is 4.74. The molecule has 6 nitrogen and oxygen atoms in total. The number of nitrogens with zero attached hydrogens (tertiary/aromatic N) is 1. The number of carbonyl (C=O) groups is 2. The van der Waals surface area contributed by atoms with Crippen LogP contribution in [-0.4, -0.2) is 43.5 Å². The fraction of sp³-hybridized carbons (Fsp3) is 0.467. The van der Waals surface area contributed by atoms with E-state index in [2.05, 4.69) is 5.32 Å². The lowest BCUT2D eigenvalue weighted by atomic mass is 10.2. The standard InChI is InChI=1S/C15H20N2O4/c1-4-7-17-14(18)9-12(15(17)19)16-11-6-5-10(20-2)8-13(11)21-3/h5-6,8,12,16H,4,7,9H2,1-3H3. The number of imide groups is 1. The third kappa shape index (κ3) is 3.09. The van der Waals surface area contributed by atoms with E-state index in [-0.39, 0.29) is 18.2 Å². The maximum atomic E-state index is 12.2. The van der Waals surface area contributed by atoms with E-state index in [4.69, 9.17) is 9.47 Å². The van der Waals surface area contributed by atoms with Crippen LogP contribution in [0.4, 0.5) is 5.69 Å². The Morgan fingerprint density at radius 3 is 2.67 bits per heavy atom. The molecule has 21 heavy (non-hydrogen) atoms. The molecule has 0 radical (unpaired) electrons. The summed E-state index contributed by atoms with van der Waals surface area (Å²) in [5.41, 5.74) is 0.669. The van der Waals surface area contributed by atoms with Crippen LogP contribution in [0.1, 0.15) is 19.8 Å². The maximum Gasteiger partial charge on any atom is 0.252 e. The summed E-state index contributed by atoms with van der Waals surface area (Å²) < 4.78 is 10.4. The molecule has 114 valence electrons. The molecule has 1 saturated heterocycles. The summed E-state index contributed by atoms with van der Waals surface area (Å²) in [5.74, 6) is 0.925. The van der Waals surface area contributed by atoms with Crippen LogP contribution in [0.15, 0.2) is 18.2 Å². The zero-order valence-corrected chi connectivity index (χ0v) is 12.5. The van der Waals surface area contributed by atoms with E-state index in [0.29, 0.717) is 23.7 Å². The molecule has 6 heteroatoms. The molecule has 1 aliphatic heterocycles. The number of hydrogen-bond donors (Lipinski definition) is 1. The topological polar surface area (TPSA) is 67.9 Å². The van der Waals surface area contributed by atoms with Gasteiger partial charge >= 0.3 is 0 Å². The Balaban J connectivity index is 2.15. The van der Waals surface area contributed by atoms with E-state index in [0.717, 1.165) is 6.42 Å². The molecule has 1 aromatic rings. The van der Waals surface area contributed by atoms with Gasteiger partial charge in [-0.25, -0.2) is 0 Å². The first-order valence-electron chi connectivity index (χ1n) is 6.93. The van der Waals surface area contributed by atoms with E-state index in [1.54, 1.807) is 32.4 Å². The predicted molar refractivity (Wildman–Crippen MR) is 78.6 cm³/mol. The summed E-state index contributed by atoms with van der Waals surface area (Å²) in [6.45, 7) is 2.41. The summed E-state index contributed by atoms with van der Waals surface area (Å²) >= 11 is 0. The largest absolute Gasteiger partial charge is 0.497 e. The highest BCUT2D eigenvalue weighted by molar-refractivity contribution is 6.06. The number of likely N-dealkylation sites (tertiary alicyclic amines) is 1. The molecule has 2 rings (SSSR count). The Morgan fingerprint density at radius 2 is 2.05 bits per heavy atom. The number of nitrogens with one attached hydrogen (secondary N) is 1. The van der Waals surface area contributed by atoms with Crippen LogP contribution in [0, 0.1) is 0 Å². The van der Waals surface area contributed by atoms with Crippen LogP contribution in [0.5, 0.6) is 11.5 Å². The van der Waals surface area contributed by atoms with Crippen LogP contribution >= 0.6 is 0 Å². The number of anilines is 1. The lowest BCUT2D eigenvalue weighted by molar-refractivity contribution is -0.138. The van der Waals surface area contributed by atoms with E-state index in [1.807, 2.05) is 6.92 Å². The van der Waals surface area contributed by atoms with Crippen LogP contribution in [0.2, 0.25) is 0 Å². The molecule has 1 aliphatic rings. The summed E-state index contributed by atoms with van der Waals surface area (Å²) in [6.07, 6.45) is 0.935. The number of carbonyl (C=O) groups excluding carboxylic acids is 2. The molecule has 1 fully saturated rings. The van der Waals surface area contributed by atoms with Crippen molar-refractivity contribution < 1.29 is 19.1 Å². The monoisotopic (exact) mass is 292 g/mol. The summed E-state index contributed by atoms with van der Waals surface area (Å²) in [4.78, 5) is 25.4. The van der Waals surface area contributed by atoms with Crippen LogP contribution in [0.25, 0.3) is 0 Å². The molecular weight excluding hydrogens is 272 g/mol. The minimum atomic E-state index is -0.536. The van der Waals surface area contributed by atoms with Gasteiger partial charge in [-0.1, -0.05) is 6.92 Å². The highest BCUT2D eigenvalue weighted by Crippen LogP contribution is 2.31. The van der Waals surface area contributed by atoms with Crippen molar-refractivity contribution in [1.29, 1.82) is 0 Å². The Bertz CT molecular complexity index is 544. The normalized spacial score (nSPS) is 18.0. The Kier molecular flexibility index (Phi) is 4.67. The van der Waals surface area contributed by atoms with Gasteiger partial charge in [0, 0.05) is 12.6 Å². The molecule has 1 aromatic carbocycles. The molecule has 0 spiro atoms. The van der Waals surface area contributed by atoms with Crippen LogP contribution in [0.3, 0.4) is 0 Å². The van der Waals surface area contributed by atoms with Crippen molar-refractivity contribution in [2.45, 2.75) is 25.8 Å². The molecular formula is C15H20N2O4. The van der Waals surface area contributed by atoms with Crippen molar-refractivity contribution >= 4 is 17.5 Å². The van der Waals surface area contributed by atoms with Gasteiger partial charge in [-0.3, -0.25) is 14.5 Å².